The van der Waals surface area contributed by atoms with Crippen molar-refractivity contribution in [3.8, 4) is 11.5 Å². The van der Waals surface area contributed by atoms with E-state index in [1.807, 2.05) is 32.2 Å². The summed E-state index contributed by atoms with van der Waals surface area (Å²) in [5.74, 6) is 1.68. The van der Waals surface area contributed by atoms with E-state index in [-0.39, 0.29) is 5.92 Å². The van der Waals surface area contributed by atoms with Crippen LogP contribution in [0.15, 0.2) is 18.2 Å². The summed E-state index contributed by atoms with van der Waals surface area (Å²) in [7, 11) is 3.67. The fourth-order valence-electron chi connectivity index (χ4n) is 2.45. The molecular weight excluding hydrogens is 242 g/mol. The van der Waals surface area contributed by atoms with Crippen molar-refractivity contribution in [1.82, 2.24) is 4.90 Å². The number of ketones is 1. The topological polar surface area (TPSA) is 38.8 Å². The average molecular weight is 263 g/mol. The second kappa shape index (κ2) is 6.06. The number of Topliss-reactive ketones (excluding diaryl/α,β-unsaturated/α-hetero) is 1. The van der Waals surface area contributed by atoms with Crippen molar-refractivity contribution >= 4 is 5.78 Å². The third-order valence-electron chi connectivity index (χ3n) is 3.51. The van der Waals surface area contributed by atoms with Crippen LogP contribution in [0.4, 0.5) is 0 Å². The molecule has 19 heavy (non-hydrogen) atoms. The van der Waals surface area contributed by atoms with Crippen LogP contribution in [-0.2, 0) is 4.79 Å². The Morgan fingerprint density at radius 3 is 2.84 bits per heavy atom. The standard InChI is InChI=1S/C15H21NO3/c1-4-19-15-9-11(5-6-14(15)18-3)12-10-16(2)8-7-13(12)17/h5-6,9,12H,4,7-8,10H2,1-3H3/t12-/m1/s1. The van der Waals surface area contributed by atoms with Gasteiger partial charge in [-0.15, -0.1) is 0 Å². The summed E-state index contributed by atoms with van der Waals surface area (Å²) in [5.41, 5.74) is 1.01. The number of carbonyl (C=O) groups is 1. The van der Waals surface area contributed by atoms with Gasteiger partial charge in [0.15, 0.2) is 11.5 Å². The van der Waals surface area contributed by atoms with Gasteiger partial charge in [0.2, 0.25) is 0 Å². The lowest BCUT2D eigenvalue weighted by atomic mass is 9.89. The van der Waals surface area contributed by atoms with Crippen molar-refractivity contribution in [2.75, 3.05) is 33.9 Å². The molecule has 1 atom stereocenters. The molecule has 4 nitrogen and oxygen atoms in total. The highest BCUT2D eigenvalue weighted by Gasteiger charge is 2.27. The Bertz CT molecular complexity index is 459. The first kappa shape index (κ1) is 13.9. The molecule has 0 bridgehead atoms. The van der Waals surface area contributed by atoms with Crippen molar-refractivity contribution < 1.29 is 14.3 Å². The smallest absolute Gasteiger partial charge is 0.161 e. The molecule has 0 spiro atoms. The van der Waals surface area contributed by atoms with Gasteiger partial charge in [-0.05, 0) is 31.7 Å². The van der Waals surface area contributed by atoms with E-state index in [0.717, 1.165) is 18.7 Å². The highest BCUT2D eigenvalue weighted by Crippen LogP contribution is 2.32. The maximum absolute atomic E-state index is 12.1. The van der Waals surface area contributed by atoms with Gasteiger partial charge < -0.3 is 14.4 Å². The molecular formula is C15H21NO3. The van der Waals surface area contributed by atoms with E-state index in [2.05, 4.69) is 4.90 Å². The minimum Gasteiger partial charge on any atom is -0.493 e. The molecule has 1 aliphatic heterocycles. The minimum atomic E-state index is -0.0520. The van der Waals surface area contributed by atoms with Crippen LogP contribution < -0.4 is 9.47 Å². The first-order chi connectivity index (χ1) is 9.15. The zero-order valence-electron chi connectivity index (χ0n) is 11.8. The molecule has 0 aromatic heterocycles. The number of likely N-dealkylation sites (N-methyl/N-ethyl adjacent to an activating group) is 1. The summed E-state index contributed by atoms with van der Waals surface area (Å²) < 4.78 is 10.8. The largest absolute Gasteiger partial charge is 0.493 e. The van der Waals surface area contributed by atoms with Gasteiger partial charge >= 0.3 is 0 Å². The molecule has 0 unspecified atom stereocenters. The molecule has 0 aliphatic carbocycles. The molecule has 104 valence electrons. The monoisotopic (exact) mass is 263 g/mol. The summed E-state index contributed by atoms with van der Waals surface area (Å²) in [5, 5.41) is 0. The molecule has 0 N–H and O–H groups in total. The van der Waals surface area contributed by atoms with Crippen LogP contribution in [-0.4, -0.2) is 44.5 Å². The number of carbonyl (C=O) groups excluding carboxylic acids is 1. The van der Waals surface area contributed by atoms with Crippen molar-refractivity contribution in [3.63, 3.8) is 0 Å². The number of benzene rings is 1. The maximum atomic E-state index is 12.1. The predicted molar refractivity (Wildman–Crippen MR) is 74.0 cm³/mol. The van der Waals surface area contributed by atoms with E-state index in [1.54, 1.807) is 7.11 Å². The van der Waals surface area contributed by atoms with Crippen molar-refractivity contribution in [3.05, 3.63) is 23.8 Å². The van der Waals surface area contributed by atoms with Crippen molar-refractivity contribution in [2.45, 2.75) is 19.3 Å². The van der Waals surface area contributed by atoms with E-state index in [1.165, 1.54) is 0 Å². The van der Waals surface area contributed by atoms with Crippen LogP contribution in [0.25, 0.3) is 0 Å². The number of methoxy groups -OCH3 is 1. The first-order valence-electron chi connectivity index (χ1n) is 6.67. The lowest BCUT2D eigenvalue weighted by Gasteiger charge is -2.29. The van der Waals surface area contributed by atoms with Gasteiger partial charge in [-0.2, -0.15) is 0 Å². The van der Waals surface area contributed by atoms with Crippen LogP contribution in [0.2, 0.25) is 0 Å². The molecule has 0 radical (unpaired) electrons. The summed E-state index contributed by atoms with van der Waals surface area (Å²) in [4.78, 5) is 14.3. The van der Waals surface area contributed by atoms with Crippen molar-refractivity contribution in [1.29, 1.82) is 0 Å². The second-order valence-corrected chi connectivity index (χ2v) is 4.87. The third kappa shape index (κ3) is 3.07. The average Bonchev–Trinajstić information content (AvgIpc) is 2.42. The zero-order chi connectivity index (χ0) is 13.8. The summed E-state index contributed by atoms with van der Waals surface area (Å²) in [6, 6.07) is 5.77. The quantitative estimate of drug-likeness (QED) is 0.833. The predicted octanol–water partition coefficient (Wildman–Crippen LogP) is 2.08. The van der Waals surface area contributed by atoms with Crippen LogP contribution >= 0.6 is 0 Å². The highest BCUT2D eigenvalue weighted by molar-refractivity contribution is 5.87. The van der Waals surface area contributed by atoms with Gasteiger partial charge in [-0.25, -0.2) is 0 Å². The Hall–Kier alpha value is -1.55. The van der Waals surface area contributed by atoms with E-state index in [4.69, 9.17) is 9.47 Å². The van der Waals surface area contributed by atoms with Crippen LogP contribution in [0.3, 0.4) is 0 Å². The molecule has 1 fully saturated rings. The second-order valence-electron chi connectivity index (χ2n) is 4.87. The van der Waals surface area contributed by atoms with Gasteiger partial charge in [0, 0.05) is 19.5 Å². The Morgan fingerprint density at radius 1 is 1.37 bits per heavy atom. The first-order valence-corrected chi connectivity index (χ1v) is 6.67. The molecule has 1 saturated heterocycles. The number of rotatable bonds is 4. The number of likely N-dealkylation sites (tertiary alicyclic amines) is 1. The Morgan fingerprint density at radius 2 is 2.16 bits per heavy atom. The molecule has 1 aromatic carbocycles. The molecule has 0 amide bonds. The fraction of sp³-hybridized carbons (Fsp3) is 0.533. The number of hydrogen-bond acceptors (Lipinski definition) is 4. The van der Waals surface area contributed by atoms with E-state index in [0.29, 0.717) is 30.3 Å². The molecule has 0 saturated carbocycles. The maximum Gasteiger partial charge on any atom is 0.161 e. The van der Waals surface area contributed by atoms with E-state index < -0.39 is 0 Å². The number of piperidine rings is 1. The molecule has 4 heteroatoms. The van der Waals surface area contributed by atoms with Crippen LogP contribution in [0.1, 0.15) is 24.8 Å². The highest BCUT2D eigenvalue weighted by atomic mass is 16.5. The van der Waals surface area contributed by atoms with Gasteiger partial charge in [-0.3, -0.25) is 4.79 Å². The van der Waals surface area contributed by atoms with Crippen LogP contribution in [0.5, 0.6) is 11.5 Å². The summed E-state index contributed by atoms with van der Waals surface area (Å²) in [6.07, 6.45) is 0.622. The molecule has 2 rings (SSSR count). The minimum absolute atomic E-state index is 0.0520. The zero-order valence-corrected chi connectivity index (χ0v) is 11.8. The van der Waals surface area contributed by atoms with E-state index in [9.17, 15) is 4.79 Å². The van der Waals surface area contributed by atoms with Crippen LogP contribution in [0, 0.1) is 0 Å². The number of nitrogens with zero attached hydrogens (tertiary/aromatic N) is 1. The Balaban J connectivity index is 2.28. The summed E-state index contributed by atoms with van der Waals surface area (Å²) in [6.45, 7) is 4.14. The molecule has 1 heterocycles. The number of ether oxygens (including phenoxy) is 2. The lowest BCUT2D eigenvalue weighted by Crippen LogP contribution is -2.36. The van der Waals surface area contributed by atoms with Crippen molar-refractivity contribution in [2.24, 2.45) is 0 Å². The normalized spacial score (nSPS) is 20.4. The molecule has 1 aromatic rings. The fourth-order valence-corrected chi connectivity index (χ4v) is 2.45. The molecule has 1 aliphatic rings. The SMILES string of the molecule is CCOc1cc([C@H]2CN(C)CCC2=O)ccc1OC. The third-order valence-corrected chi connectivity index (χ3v) is 3.51. The van der Waals surface area contributed by atoms with E-state index >= 15 is 0 Å². The Kier molecular flexibility index (Phi) is 4.43. The van der Waals surface area contributed by atoms with Gasteiger partial charge in [0.25, 0.3) is 0 Å². The summed E-state index contributed by atoms with van der Waals surface area (Å²) >= 11 is 0. The van der Waals surface area contributed by atoms with Gasteiger partial charge in [0.05, 0.1) is 19.6 Å². The number of hydrogen-bond donors (Lipinski definition) is 0. The van der Waals surface area contributed by atoms with Gasteiger partial charge in [-0.1, -0.05) is 6.07 Å². The Labute approximate surface area is 114 Å². The lowest BCUT2D eigenvalue weighted by molar-refractivity contribution is -0.123. The van der Waals surface area contributed by atoms with Gasteiger partial charge in [0.1, 0.15) is 5.78 Å².